The lowest BCUT2D eigenvalue weighted by molar-refractivity contribution is -0.147. The van der Waals surface area contributed by atoms with Crippen molar-refractivity contribution in [2.24, 2.45) is 0 Å². The van der Waals surface area contributed by atoms with E-state index < -0.39 is 5.97 Å². The Balaban J connectivity index is 1.58. The van der Waals surface area contributed by atoms with E-state index in [0.717, 1.165) is 35.4 Å². The molecule has 0 spiro atoms. The van der Waals surface area contributed by atoms with Crippen LogP contribution in [0.5, 0.6) is 5.75 Å². The molecule has 1 aromatic carbocycles. The van der Waals surface area contributed by atoms with Gasteiger partial charge in [0.1, 0.15) is 17.4 Å². The number of carbonyl (C=O) groups excluding carboxylic acids is 1. The van der Waals surface area contributed by atoms with Crippen LogP contribution in [0.3, 0.4) is 0 Å². The van der Waals surface area contributed by atoms with Gasteiger partial charge in [-0.25, -0.2) is 9.78 Å². The van der Waals surface area contributed by atoms with Crippen LogP contribution in [0.25, 0.3) is 4.96 Å². The summed E-state index contributed by atoms with van der Waals surface area (Å²) >= 11 is 1.39. The molecule has 0 saturated heterocycles. The van der Waals surface area contributed by atoms with E-state index in [9.17, 15) is 9.59 Å². The lowest BCUT2D eigenvalue weighted by atomic mass is 10.1. The Bertz CT molecular complexity index is 1040. The van der Waals surface area contributed by atoms with Crippen molar-refractivity contribution in [2.45, 2.75) is 46.6 Å². The Morgan fingerprint density at radius 2 is 2.04 bits per heavy atom. The fourth-order valence-electron chi connectivity index (χ4n) is 2.54. The smallest absolute Gasteiger partial charge is 0.344 e. The number of hydrogen-bond donors (Lipinski definition) is 0. The molecular formula is C20H23N3O4S. The van der Waals surface area contributed by atoms with Crippen molar-refractivity contribution in [3.8, 4) is 5.75 Å². The molecule has 0 aliphatic carbocycles. The van der Waals surface area contributed by atoms with Crippen LogP contribution in [0.15, 0.2) is 29.1 Å². The minimum atomic E-state index is -0.520. The number of aryl methyl sites for hydroxylation is 3. The molecule has 0 amide bonds. The lowest BCUT2D eigenvalue weighted by Gasteiger charge is -2.08. The highest BCUT2D eigenvalue weighted by atomic mass is 32.1. The highest BCUT2D eigenvalue weighted by molar-refractivity contribution is 7.16. The molecule has 0 aliphatic rings. The highest BCUT2D eigenvalue weighted by Gasteiger charge is 2.11. The van der Waals surface area contributed by atoms with Crippen LogP contribution < -0.4 is 10.3 Å². The number of fused-ring (bicyclic) bond motifs is 1. The van der Waals surface area contributed by atoms with Gasteiger partial charge in [-0.15, -0.1) is 0 Å². The summed E-state index contributed by atoms with van der Waals surface area (Å²) in [7, 11) is 0. The molecule has 7 nitrogen and oxygen atoms in total. The summed E-state index contributed by atoms with van der Waals surface area (Å²) < 4.78 is 11.9. The van der Waals surface area contributed by atoms with Gasteiger partial charge in [0.05, 0.1) is 5.69 Å². The molecule has 0 N–H and O–H groups in total. The molecule has 3 rings (SSSR count). The molecule has 0 fully saturated rings. The molecular weight excluding hydrogens is 378 g/mol. The fourth-order valence-corrected chi connectivity index (χ4v) is 3.50. The first kappa shape index (κ1) is 20.0. The average molecular weight is 401 g/mol. The Labute approximate surface area is 166 Å². The number of carbonyl (C=O) groups is 1. The van der Waals surface area contributed by atoms with Crippen molar-refractivity contribution < 1.29 is 14.3 Å². The maximum atomic E-state index is 12.2. The number of hydrogen-bond acceptors (Lipinski definition) is 7. The van der Waals surface area contributed by atoms with Gasteiger partial charge in [-0.05, 0) is 43.5 Å². The largest absolute Gasteiger partial charge is 0.482 e. The number of nitrogens with zero attached hydrogens (tertiary/aromatic N) is 3. The molecule has 28 heavy (non-hydrogen) atoms. The van der Waals surface area contributed by atoms with Crippen LogP contribution in [0.4, 0.5) is 0 Å². The predicted octanol–water partition coefficient (Wildman–Crippen LogP) is 3.23. The van der Waals surface area contributed by atoms with Crippen molar-refractivity contribution in [1.29, 1.82) is 0 Å². The van der Waals surface area contributed by atoms with E-state index in [-0.39, 0.29) is 18.8 Å². The molecule has 0 aliphatic heterocycles. The summed E-state index contributed by atoms with van der Waals surface area (Å²) in [6.45, 7) is 5.81. The van der Waals surface area contributed by atoms with Gasteiger partial charge in [-0.2, -0.15) is 9.61 Å². The monoisotopic (exact) mass is 401 g/mol. The van der Waals surface area contributed by atoms with Gasteiger partial charge < -0.3 is 9.47 Å². The van der Waals surface area contributed by atoms with Crippen molar-refractivity contribution in [1.82, 2.24) is 14.6 Å². The van der Waals surface area contributed by atoms with E-state index in [4.69, 9.17) is 9.47 Å². The molecule has 2 heterocycles. The summed E-state index contributed by atoms with van der Waals surface area (Å²) in [4.78, 5) is 29.0. The normalized spacial score (nSPS) is 11.0. The van der Waals surface area contributed by atoms with Crippen molar-refractivity contribution >= 4 is 22.3 Å². The number of unbranched alkanes of at least 4 members (excludes halogenated alkanes) is 1. The molecule has 0 radical (unpaired) electrons. The first-order valence-corrected chi connectivity index (χ1v) is 10.0. The Hall–Kier alpha value is -2.74. The third kappa shape index (κ3) is 4.95. The standard InChI is InChI=1S/C20H23N3O4S/c1-4-5-6-17-22-23-18(24)10-15(21-20(23)28-17)11-27-19(25)12-26-16-8-7-13(2)14(3)9-16/h7-10H,4-6,11-12H2,1-3H3. The van der Waals surface area contributed by atoms with Gasteiger partial charge in [-0.1, -0.05) is 30.7 Å². The van der Waals surface area contributed by atoms with E-state index >= 15 is 0 Å². The molecule has 0 atom stereocenters. The Morgan fingerprint density at radius 1 is 1.21 bits per heavy atom. The van der Waals surface area contributed by atoms with Crippen LogP contribution in [0.1, 0.15) is 41.6 Å². The second kappa shape index (κ2) is 8.97. The van der Waals surface area contributed by atoms with Crippen LogP contribution in [0.2, 0.25) is 0 Å². The highest BCUT2D eigenvalue weighted by Crippen LogP contribution is 2.17. The molecule has 0 bridgehead atoms. The second-order valence-corrected chi connectivity index (χ2v) is 7.62. The number of rotatable bonds is 8. The predicted molar refractivity (Wildman–Crippen MR) is 107 cm³/mol. The zero-order valence-electron chi connectivity index (χ0n) is 16.2. The van der Waals surface area contributed by atoms with Crippen molar-refractivity contribution in [3.63, 3.8) is 0 Å². The first-order chi connectivity index (χ1) is 13.5. The molecule has 3 aromatic rings. The summed E-state index contributed by atoms with van der Waals surface area (Å²) in [6.07, 6.45) is 2.90. The van der Waals surface area contributed by atoms with Crippen molar-refractivity contribution in [3.05, 3.63) is 56.4 Å². The minimum absolute atomic E-state index is 0.0803. The fraction of sp³-hybridized carbons (Fsp3) is 0.400. The molecule has 148 valence electrons. The Morgan fingerprint density at radius 3 is 2.79 bits per heavy atom. The van der Waals surface area contributed by atoms with E-state index in [2.05, 4.69) is 17.0 Å². The van der Waals surface area contributed by atoms with E-state index in [1.807, 2.05) is 32.0 Å². The maximum absolute atomic E-state index is 12.2. The van der Waals surface area contributed by atoms with Gasteiger partial charge in [0, 0.05) is 12.5 Å². The maximum Gasteiger partial charge on any atom is 0.344 e. The number of ether oxygens (including phenoxy) is 2. The van der Waals surface area contributed by atoms with Crippen LogP contribution in [-0.4, -0.2) is 27.2 Å². The number of benzene rings is 1. The van der Waals surface area contributed by atoms with Gasteiger partial charge in [0.25, 0.3) is 5.56 Å². The molecule has 2 aromatic heterocycles. The third-order valence-corrected chi connectivity index (χ3v) is 5.27. The SMILES string of the molecule is CCCCc1nn2c(=O)cc(COC(=O)COc3ccc(C)c(C)c3)nc2s1. The van der Waals surface area contributed by atoms with E-state index in [1.54, 1.807) is 0 Å². The number of aromatic nitrogens is 3. The summed E-state index contributed by atoms with van der Waals surface area (Å²) in [5.41, 5.74) is 2.37. The van der Waals surface area contributed by atoms with Crippen LogP contribution in [-0.2, 0) is 22.6 Å². The topological polar surface area (TPSA) is 82.8 Å². The summed E-state index contributed by atoms with van der Waals surface area (Å²) in [6, 6.07) is 6.96. The zero-order valence-corrected chi connectivity index (χ0v) is 17.0. The average Bonchev–Trinajstić information content (AvgIpc) is 3.09. The van der Waals surface area contributed by atoms with Gasteiger partial charge in [0.2, 0.25) is 4.96 Å². The zero-order chi connectivity index (χ0) is 20.1. The van der Waals surface area contributed by atoms with E-state index in [0.29, 0.717) is 16.4 Å². The van der Waals surface area contributed by atoms with Gasteiger partial charge >= 0.3 is 5.97 Å². The molecule has 0 saturated carbocycles. The number of esters is 1. The second-order valence-electron chi connectivity index (χ2n) is 6.57. The van der Waals surface area contributed by atoms with Crippen LogP contribution in [0, 0.1) is 13.8 Å². The molecule has 8 heteroatoms. The lowest BCUT2D eigenvalue weighted by Crippen LogP contribution is -2.18. The first-order valence-electron chi connectivity index (χ1n) is 9.20. The van der Waals surface area contributed by atoms with Crippen molar-refractivity contribution in [2.75, 3.05) is 6.61 Å². The molecule has 0 unspecified atom stereocenters. The van der Waals surface area contributed by atoms with Gasteiger partial charge in [0.15, 0.2) is 6.61 Å². The quantitative estimate of drug-likeness (QED) is 0.539. The van der Waals surface area contributed by atoms with Gasteiger partial charge in [-0.3, -0.25) is 4.79 Å². The minimum Gasteiger partial charge on any atom is -0.482 e. The summed E-state index contributed by atoms with van der Waals surface area (Å²) in [5.74, 6) is 0.0928. The third-order valence-electron chi connectivity index (χ3n) is 4.30. The Kier molecular flexibility index (Phi) is 6.41. The van der Waals surface area contributed by atoms with Crippen LogP contribution >= 0.6 is 11.3 Å². The summed E-state index contributed by atoms with van der Waals surface area (Å²) in [5, 5.41) is 5.17. The van der Waals surface area contributed by atoms with E-state index in [1.165, 1.54) is 21.9 Å².